The minimum absolute atomic E-state index is 0.205. The fourth-order valence-corrected chi connectivity index (χ4v) is 1.60. The van der Waals surface area contributed by atoms with Crippen LogP contribution >= 0.6 is 0 Å². The van der Waals surface area contributed by atoms with Gasteiger partial charge in [-0.05, 0) is 25.0 Å². The van der Waals surface area contributed by atoms with E-state index in [1.165, 1.54) is 6.20 Å². The number of carboxylic acids is 1. The highest BCUT2D eigenvalue weighted by Gasteiger charge is 2.06. The van der Waals surface area contributed by atoms with Crippen LogP contribution in [0.5, 0.6) is 0 Å². The van der Waals surface area contributed by atoms with Crippen molar-refractivity contribution in [2.24, 2.45) is 0 Å². The summed E-state index contributed by atoms with van der Waals surface area (Å²) in [4.78, 5) is 18.3. The van der Waals surface area contributed by atoms with E-state index in [1.54, 1.807) is 6.07 Å². The summed E-state index contributed by atoms with van der Waals surface area (Å²) in [6.45, 7) is 3.54. The average molecular weight is 261 g/mol. The molecule has 7 nitrogen and oxygen atoms in total. The molecule has 0 atom stereocenters. The Kier molecular flexibility index (Phi) is 4.07. The van der Waals surface area contributed by atoms with Gasteiger partial charge in [0.15, 0.2) is 0 Å². The second-order valence-electron chi connectivity index (χ2n) is 3.95. The second kappa shape index (κ2) is 5.94. The fourth-order valence-electron chi connectivity index (χ4n) is 1.60. The molecule has 2 heterocycles. The van der Waals surface area contributed by atoms with Gasteiger partial charge in [0, 0.05) is 25.5 Å². The van der Waals surface area contributed by atoms with E-state index in [0.29, 0.717) is 12.4 Å². The first-order chi connectivity index (χ1) is 9.19. The van der Waals surface area contributed by atoms with Crippen molar-refractivity contribution >= 4 is 11.8 Å². The maximum atomic E-state index is 10.7. The molecule has 0 aliphatic rings. The molecule has 19 heavy (non-hydrogen) atoms. The lowest BCUT2D eigenvalue weighted by Crippen LogP contribution is -2.10. The molecule has 0 unspecified atom stereocenters. The first-order valence-electron chi connectivity index (χ1n) is 6.00. The molecule has 0 amide bonds. The third-order valence-corrected chi connectivity index (χ3v) is 2.58. The highest BCUT2D eigenvalue weighted by Crippen LogP contribution is 2.04. The monoisotopic (exact) mass is 261 g/mol. The Labute approximate surface area is 110 Å². The third-order valence-electron chi connectivity index (χ3n) is 2.58. The van der Waals surface area contributed by atoms with Crippen molar-refractivity contribution in [2.75, 3.05) is 11.9 Å². The van der Waals surface area contributed by atoms with E-state index in [2.05, 4.69) is 20.4 Å². The van der Waals surface area contributed by atoms with E-state index in [-0.39, 0.29) is 5.82 Å². The zero-order chi connectivity index (χ0) is 13.7. The smallest absolute Gasteiger partial charge is 0.374 e. The minimum Gasteiger partial charge on any atom is -0.475 e. The van der Waals surface area contributed by atoms with Crippen molar-refractivity contribution in [1.29, 1.82) is 0 Å². The van der Waals surface area contributed by atoms with Gasteiger partial charge >= 0.3 is 5.97 Å². The van der Waals surface area contributed by atoms with E-state index < -0.39 is 5.97 Å². The number of hydrogen-bond donors (Lipinski definition) is 2. The lowest BCUT2D eigenvalue weighted by atomic mass is 10.2. The van der Waals surface area contributed by atoms with Crippen LogP contribution in [0, 0.1) is 0 Å². The Morgan fingerprint density at radius 1 is 1.53 bits per heavy atom. The van der Waals surface area contributed by atoms with Crippen LogP contribution in [0.15, 0.2) is 24.7 Å². The molecule has 0 saturated carbocycles. The highest BCUT2D eigenvalue weighted by molar-refractivity contribution is 5.83. The SMILES string of the molecule is CCn1cc(CCNc2ccnc(C(=O)O)n2)cn1. The van der Waals surface area contributed by atoms with Gasteiger partial charge in [-0.2, -0.15) is 5.10 Å². The van der Waals surface area contributed by atoms with Gasteiger partial charge in [0.25, 0.3) is 0 Å². The molecule has 0 radical (unpaired) electrons. The summed E-state index contributed by atoms with van der Waals surface area (Å²) in [6, 6.07) is 1.64. The van der Waals surface area contributed by atoms with Crippen molar-refractivity contribution in [3.05, 3.63) is 36.0 Å². The molecule has 2 rings (SSSR count). The zero-order valence-electron chi connectivity index (χ0n) is 10.6. The Morgan fingerprint density at radius 3 is 3.05 bits per heavy atom. The summed E-state index contributed by atoms with van der Waals surface area (Å²) in [5.74, 6) is -0.827. The van der Waals surface area contributed by atoms with Gasteiger partial charge in [-0.15, -0.1) is 0 Å². The minimum atomic E-state index is -1.13. The molecule has 0 fully saturated rings. The van der Waals surface area contributed by atoms with Gasteiger partial charge in [0.1, 0.15) is 5.82 Å². The molecule has 2 N–H and O–H groups in total. The van der Waals surface area contributed by atoms with Crippen LogP contribution in [0.25, 0.3) is 0 Å². The van der Waals surface area contributed by atoms with E-state index in [4.69, 9.17) is 5.11 Å². The lowest BCUT2D eigenvalue weighted by molar-refractivity contribution is 0.0683. The summed E-state index contributed by atoms with van der Waals surface area (Å²) in [5, 5.41) is 16.0. The molecular formula is C12H15N5O2. The Hall–Kier alpha value is -2.44. The molecule has 0 aliphatic heterocycles. The molecular weight excluding hydrogens is 246 g/mol. The van der Waals surface area contributed by atoms with E-state index in [9.17, 15) is 4.79 Å². The first-order valence-corrected chi connectivity index (χ1v) is 6.00. The first kappa shape index (κ1) is 13.0. The van der Waals surface area contributed by atoms with E-state index >= 15 is 0 Å². The van der Waals surface area contributed by atoms with Crippen LogP contribution < -0.4 is 5.32 Å². The van der Waals surface area contributed by atoms with Crippen LogP contribution in [-0.4, -0.2) is 37.4 Å². The average Bonchev–Trinajstić information content (AvgIpc) is 2.87. The summed E-state index contributed by atoms with van der Waals surface area (Å²) >= 11 is 0. The highest BCUT2D eigenvalue weighted by atomic mass is 16.4. The third kappa shape index (κ3) is 3.51. The fraction of sp³-hybridized carbons (Fsp3) is 0.333. The Bertz CT molecular complexity index is 567. The molecule has 100 valence electrons. The topological polar surface area (TPSA) is 92.9 Å². The van der Waals surface area contributed by atoms with Crippen molar-refractivity contribution < 1.29 is 9.90 Å². The number of nitrogens with zero attached hydrogens (tertiary/aromatic N) is 4. The molecule has 2 aromatic heterocycles. The number of carbonyl (C=O) groups is 1. The summed E-state index contributed by atoms with van der Waals surface area (Å²) in [7, 11) is 0. The van der Waals surface area contributed by atoms with E-state index in [0.717, 1.165) is 18.5 Å². The number of nitrogens with one attached hydrogen (secondary N) is 1. The maximum absolute atomic E-state index is 10.7. The van der Waals surface area contributed by atoms with Gasteiger partial charge in [-0.1, -0.05) is 0 Å². The van der Waals surface area contributed by atoms with Crippen molar-refractivity contribution in [2.45, 2.75) is 19.9 Å². The Morgan fingerprint density at radius 2 is 2.37 bits per heavy atom. The number of aromatic nitrogens is 4. The Balaban J connectivity index is 1.88. The summed E-state index contributed by atoms with van der Waals surface area (Å²) in [6.07, 6.45) is 6.04. The van der Waals surface area contributed by atoms with Crippen molar-refractivity contribution in [3.8, 4) is 0 Å². The predicted molar refractivity (Wildman–Crippen MR) is 69.1 cm³/mol. The van der Waals surface area contributed by atoms with Crippen molar-refractivity contribution in [3.63, 3.8) is 0 Å². The summed E-state index contributed by atoms with van der Waals surface area (Å²) in [5.41, 5.74) is 1.13. The van der Waals surface area contributed by atoms with Crippen LogP contribution in [0.1, 0.15) is 23.1 Å². The quantitative estimate of drug-likeness (QED) is 0.807. The van der Waals surface area contributed by atoms with Gasteiger partial charge in [0.2, 0.25) is 5.82 Å². The number of hydrogen-bond acceptors (Lipinski definition) is 5. The molecule has 0 aliphatic carbocycles. The number of carboxylic acid groups (broad SMARTS) is 1. The number of rotatable bonds is 6. The number of aromatic carboxylic acids is 1. The molecule has 0 aromatic carbocycles. The lowest BCUT2D eigenvalue weighted by Gasteiger charge is -2.04. The van der Waals surface area contributed by atoms with Crippen LogP contribution in [0.3, 0.4) is 0 Å². The van der Waals surface area contributed by atoms with Crippen molar-refractivity contribution in [1.82, 2.24) is 19.7 Å². The van der Waals surface area contributed by atoms with E-state index in [1.807, 2.05) is 24.0 Å². The largest absolute Gasteiger partial charge is 0.475 e. The second-order valence-corrected chi connectivity index (χ2v) is 3.95. The molecule has 0 spiro atoms. The van der Waals surface area contributed by atoms with Gasteiger partial charge in [0.05, 0.1) is 6.20 Å². The molecule has 0 bridgehead atoms. The maximum Gasteiger partial charge on any atom is 0.374 e. The molecule has 2 aromatic rings. The van der Waals surface area contributed by atoms with Gasteiger partial charge in [-0.3, -0.25) is 4.68 Å². The molecule has 7 heteroatoms. The normalized spacial score (nSPS) is 10.4. The predicted octanol–water partition coefficient (Wildman–Crippen LogP) is 1.05. The van der Waals surface area contributed by atoms with Gasteiger partial charge in [-0.25, -0.2) is 14.8 Å². The van der Waals surface area contributed by atoms with Crippen LogP contribution in [0.2, 0.25) is 0 Å². The van der Waals surface area contributed by atoms with Crippen LogP contribution in [-0.2, 0) is 13.0 Å². The zero-order valence-corrected chi connectivity index (χ0v) is 10.6. The van der Waals surface area contributed by atoms with Crippen LogP contribution in [0.4, 0.5) is 5.82 Å². The number of aryl methyl sites for hydroxylation is 1. The molecule has 0 saturated heterocycles. The standard InChI is InChI=1S/C12H15N5O2/c1-2-17-8-9(7-15-17)3-5-13-10-4-6-14-11(16-10)12(18)19/h4,6-8H,2-3,5H2,1H3,(H,18,19)(H,13,14,16). The summed E-state index contributed by atoms with van der Waals surface area (Å²) < 4.78 is 1.86. The number of anilines is 1. The van der Waals surface area contributed by atoms with Gasteiger partial charge < -0.3 is 10.4 Å².